The molecule has 0 saturated heterocycles. The molecular weight excluding hydrogens is 228 g/mol. The molecule has 0 bridgehead atoms. The average molecular weight is 243 g/mol. The van der Waals surface area contributed by atoms with E-state index in [1.807, 2.05) is 13.0 Å². The highest BCUT2D eigenvalue weighted by atomic mass is 35.5. The van der Waals surface area contributed by atoms with Crippen molar-refractivity contribution in [1.82, 2.24) is 0 Å². The lowest BCUT2D eigenvalue weighted by Crippen LogP contribution is -2.16. The molecule has 0 radical (unpaired) electrons. The number of thiophene rings is 1. The predicted molar refractivity (Wildman–Crippen MR) is 65.0 cm³/mol. The highest BCUT2D eigenvalue weighted by Gasteiger charge is 2.23. The summed E-state index contributed by atoms with van der Waals surface area (Å²) in [5.74, 6) is 0.572. The zero-order valence-electron chi connectivity index (χ0n) is 8.88. The van der Waals surface area contributed by atoms with Crippen LogP contribution in [-0.4, -0.2) is 5.78 Å². The SMILES string of the molecule is Cc1cc(C(=O)C2CCCCC2)sc1Cl. The van der Waals surface area contributed by atoms with Crippen LogP contribution in [0.25, 0.3) is 0 Å². The molecule has 2 rings (SSSR count). The molecule has 0 N–H and O–H groups in total. The molecule has 0 spiro atoms. The van der Waals surface area contributed by atoms with Gasteiger partial charge in [0.05, 0.1) is 9.21 Å². The van der Waals surface area contributed by atoms with E-state index < -0.39 is 0 Å². The monoisotopic (exact) mass is 242 g/mol. The van der Waals surface area contributed by atoms with E-state index in [2.05, 4.69) is 0 Å². The number of halogens is 1. The molecular formula is C12H15ClOS. The van der Waals surface area contributed by atoms with Gasteiger partial charge in [0, 0.05) is 5.92 Å². The molecule has 0 aromatic carbocycles. The van der Waals surface area contributed by atoms with E-state index in [-0.39, 0.29) is 5.92 Å². The largest absolute Gasteiger partial charge is 0.293 e. The Morgan fingerprint density at radius 1 is 1.40 bits per heavy atom. The van der Waals surface area contributed by atoms with Crippen LogP contribution in [0.15, 0.2) is 6.07 Å². The van der Waals surface area contributed by atoms with Crippen LogP contribution >= 0.6 is 22.9 Å². The number of ketones is 1. The lowest BCUT2D eigenvalue weighted by atomic mass is 9.86. The van der Waals surface area contributed by atoms with Gasteiger partial charge in [0.15, 0.2) is 5.78 Å². The first-order valence-corrected chi connectivity index (χ1v) is 6.68. The number of aryl methyl sites for hydroxylation is 1. The Morgan fingerprint density at radius 3 is 2.60 bits per heavy atom. The van der Waals surface area contributed by atoms with E-state index >= 15 is 0 Å². The lowest BCUT2D eigenvalue weighted by molar-refractivity contribution is 0.0894. The topological polar surface area (TPSA) is 17.1 Å². The number of hydrogen-bond acceptors (Lipinski definition) is 2. The molecule has 3 heteroatoms. The van der Waals surface area contributed by atoms with Crippen molar-refractivity contribution >= 4 is 28.7 Å². The number of Topliss-reactive ketones (excluding diaryl/α,β-unsaturated/α-hetero) is 1. The molecule has 1 fully saturated rings. The van der Waals surface area contributed by atoms with Gasteiger partial charge in [-0.05, 0) is 31.4 Å². The molecule has 15 heavy (non-hydrogen) atoms. The van der Waals surface area contributed by atoms with Crippen LogP contribution in [0.5, 0.6) is 0 Å². The summed E-state index contributed by atoms with van der Waals surface area (Å²) in [5.41, 5.74) is 1.03. The maximum atomic E-state index is 12.1. The number of carbonyl (C=O) groups excluding carboxylic acids is 1. The summed E-state index contributed by atoms with van der Waals surface area (Å²) in [6, 6.07) is 1.93. The van der Waals surface area contributed by atoms with Crippen molar-refractivity contribution in [2.24, 2.45) is 5.92 Å². The molecule has 0 amide bonds. The van der Waals surface area contributed by atoms with Gasteiger partial charge in [0.2, 0.25) is 0 Å². The van der Waals surface area contributed by atoms with Crippen molar-refractivity contribution in [2.45, 2.75) is 39.0 Å². The third-order valence-electron chi connectivity index (χ3n) is 3.08. The van der Waals surface area contributed by atoms with E-state index in [4.69, 9.17) is 11.6 Å². The normalized spacial score (nSPS) is 18.0. The van der Waals surface area contributed by atoms with Crippen molar-refractivity contribution in [2.75, 3.05) is 0 Å². The van der Waals surface area contributed by atoms with Crippen molar-refractivity contribution in [1.29, 1.82) is 0 Å². The summed E-state index contributed by atoms with van der Waals surface area (Å²) in [5, 5.41) is 0. The Bertz CT molecular complexity index is 344. The van der Waals surface area contributed by atoms with E-state index in [1.54, 1.807) is 0 Å². The molecule has 1 aliphatic carbocycles. The molecule has 1 aromatic rings. The summed E-state index contributed by atoms with van der Waals surface area (Å²) < 4.78 is 0.758. The van der Waals surface area contributed by atoms with Crippen LogP contribution in [0.3, 0.4) is 0 Å². The fourth-order valence-electron chi connectivity index (χ4n) is 2.15. The predicted octanol–water partition coefficient (Wildman–Crippen LogP) is 4.47. The van der Waals surface area contributed by atoms with E-state index in [0.717, 1.165) is 27.6 Å². The van der Waals surface area contributed by atoms with Crippen LogP contribution < -0.4 is 0 Å². The fraction of sp³-hybridized carbons (Fsp3) is 0.583. The fourth-order valence-corrected chi connectivity index (χ4v) is 3.37. The van der Waals surface area contributed by atoms with E-state index in [0.29, 0.717) is 5.78 Å². The summed E-state index contributed by atoms with van der Waals surface area (Å²) in [7, 11) is 0. The Balaban J connectivity index is 2.12. The van der Waals surface area contributed by atoms with Crippen molar-refractivity contribution in [3.8, 4) is 0 Å². The highest BCUT2D eigenvalue weighted by molar-refractivity contribution is 7.18. The minimum Gasteiger partial charge on any atom is -0.293 e. The molecule has 0 atom stereocenters. The lowest BCUT2D eigenvalue weighted by Gasteiger charge is -2.19. The maximum Gasteiger partial charge on any atom is 0.175 e. The molecule has 0 aliphatic heterocycles. The second kappa shape index (κ2) is 4.67. The molecule has 1 nitrogen and oxygen atoms in total. The van der Waals surface area contributed by atoms with Gasteiger partial charge in [-0.25, -0.2) is 0 Å². The molecule has 1 saturated carbocycles. The Morgan fingerprint density at radius 2 is 2.07 bits per heavy atom. The number of carbonyl (C=O) groups is 1. The minimum absolute atomic E-state index is 0.257. The number of hydrogen-bond donors (Lipinski definition) is 0. The van der Waals surface area contributed by atoms with Crippen LogP contribution in [-0.2, 0) is 0 Å². The van der Waals surface area contributed by atoms with Crippen LogP contribution in [0.2, 0.25) is 4.34 Å². The van der Waals surface area contributed by atoms with Crippen LogP contribution in [0.4, 0.5) is 0 Å². The van der Waals surface area contributed by atoms with Gasteiger partial charge >= 0.3 is 0 Å². The highest BCUT2D eigenvalue weighted by Crippen LogP contribution is 2.32. The summed E-state index contributed by atoms with van der Waals surface area (Å²) in [4.78, 5) is 13.0. The summed E-state index contributed by atoms with van der Waals surface area (Å²) in [6.45, 7) is 1.95. The first kappa shape index (κ1) is 11.2. The summed E-state index contributed by atoms with van der Waals surface area (Å²) >= 11 is 7.41. The molecule has 1 heterocycles. The summed E-state index contributed by atoms with van der Waals surface area (Å²) in [6.07, 6.45) is 5.82. The molecule has 82 valence electrons. The molecule has 1 aromatic heterocycles. The van der Waals surface area contributed by atoms with Crippen LogP contribution in [0, 0.1) is 12.8 Å². The van der Waals surface area contributed by atoms with Crippen molar-refractivity contribution in [3.63, 3.8) is 0 Å². The van der Waals surface area contributed by atoms with E-state index in [1.165, 1.54) is 30.6 Å². The third kappa shape index (κ3) is 2.43. The van der Waals surface area contributed by atoms with Crippen molar-refractivity contribution in [3.05, 3.63) is 20.8 Å². The second-order valence-corrected chi connectivity index (χ2v) is 5.92. The van der Waals surface area contributed by atoms with Gasteiger partial charge in [-0.2, -0.15) is 0 Å². The second-order valence-electron chi connectivity index (χ2n) is 4.27. The van der Waals surface area contributed by atoms with Crippen LogP contribution in [0.1, 0.15) is 47.3 Å². The molecule has 0 unspecified atom stereocenters. The first-order chi connectivity index (χ1) is 7.18. The maximum absolute atomic E-state index is 12.1. The number of rotatable bonds is 2. The van der Waals surface area contributed by atoms with Gasteiger partial charge in [0.1, 0.15) is 0 Å². The van der Waals surface area contributed by atoms with Crippen molar-refractivity contribution < 1.29 is 4.79 Å². The third-order valence-corrected chi connectivity index (χ3v) is 4.65. The minimum atomic E-state index is 0.257. The zero-order chi connectivity index (χ0) is 10.8. The van der Waals surface area contributed by atoms with Gasteiger partial charge < -0.3 is 0 Å². The average Bonchev–Trinajstić information content (AvgIpc) is 2.59. The first-order valence-electron chi connectivity index (χ1n) is 5.48. The zero-order valence-corrected chi connectivity index (χ0v) is 10.5. The molecule has 1 aliphatic rings. The Labute approximate surface area is 99.5 Å². The van der Waals surface area contributed by atoms with Gasteiger partial charge in [-0.15, -0.1) is 11.3 Å². The van der Waals surface area contributed by atoms with Gasteiger partial charge in [0.25, 0.3) is 0 Å². The Kier molecular flexibility index (Phi) is 3.47. The Hall–Kier alpha value is -0.340. The standard InChI is InChI=1S/C12H15ClOS/c1-8-7-10(15-12(8)13)11(14)9-5-3-2-4-6-9/h7,9H,2-6H2,1H3. The smallest absolute Gasteiger partial charge is 0.175 e. The van der Waals surface area contributed by atoms with Gasteiger partial charge in [-0.3, -0.25) is 4.79 Å². The van der Waals surface area contributed by atoms with E-state index in [9.17, 15) is 4.79 Å². The van der Waals surface area contributed by atoms with Gasteiger partial charge in [-0.1, -0.05) is 30.9 Å². The quantitative estimate of drug-likeness (QED) is 0.700.